The molecule has 2 heterocycles. The summed E-state index contributed by atoms with van der Waals surface area (Å²) in [5, 5.41) is 26.5. The molecular weight excluding hydrogens is 250 g/mol. The highest BCUT2D eigenvalue weighted by Crippen LogP contribution is 2.15. The summed E-state index contributed by atoms with van der Waals surface area (Å²) in [7, 11) is 0. The molecule has 0 aromatic carbocycles. The van der Waals surface area contributed by atoms with Crippen molar-refractivity contribution in [1.82, 2.24) is 9.38 Å². The molecule has 0 aliphatic rings. The number of aromatic carboxylic acids is 1. The van der Waals surface area contributed by atoms with Crippen LogP contribution in [0.25, 0.3) is 5.52 Å². The molecule has 2 aromatic rings. The van der Waals surface area contributed by atoms with Crippen LogP contribution in [0.5, 0.6) is 0 Å². The maximum Gasteiger partial charge on any atom is 0.337 e. The van der Waals surface area contributed by atoms with Crippen LogP contribution < -0.4 is 0 Å². The van der Waals surface area contributed by atoms with Gasteiger partial charge in [-0.1, -0.05) is 0 Å². The second-order valence-electron chi connectivity index (χ2n) is 3.86. The number of carbonyl (C=O) groups is 2. The van der Waals surface area contributed by atoms with E-state index in [-0.39, 0.29) is 24.1 Å². The first-order valence-electron chi connectivity index (χ1n) is 5.39. The van der Waals surface area contributed by atoms with E-state index in [0.717, 1.165) is 0 Å². The topological polar surface area (TPSA) is 116 Å². The molecule has 0 amide bonds. The Hall–Kier alpha value is -2.88. The van der Waals surface area contributed by atoms with Crippen molar-refractivity contribution >= 4 is 17.5 Å². The van der Waals surface area contributed by atoms with Gasteiger partial charge >= 0.3 is 11.9 Å². The molecule has 0 aliphatic heterocycles. The first kappa shape index (κ1) is 12.6. The molecule has 0 unspecified atom stereocenters. The Balaban J connectivity index is 2.56. The predicted octanol–water partition coefficient (Wildman–Crippen LogP) is 0.921. The smallest absolute Gasteiger partial charge is 0.337 e. The molecule has 7 heteroatoms. The summed E-state index contributed by atoms with van der Waals surface area (Å²) < 4.78 is 1.45. The molecule has 0 saturated carbocycles. The van der Waals surface area contributed by atoms with E-state index in [0.29, 0.717) is 11.3 Å². The number of rotatable bonds is 4. The minimum atomic E-state index is -1.10. The number of carboxylic acids is 2. The highest BCUT2D eigenvalue weighted by atomic mass is 16.4. The molecule has 0 bridgehead atoms. The molecule has 2 aromatic heterocycles. The molecule has 2 rings (SSSR count). The van der Waals surface area contributed by atoms with Crippen molar-refractivity contribution in [2.45, 2.75) is 12.8 Å². The van der Waals surface area contributed by atoms with Gasteiger partial charge in [0.1, 0.15) is 11.9 Å². The van der Waals surface area contributed by atoms with Gasteiger partial charge in [-0.2, -0.15) is 5.26 Å². The van der Waals surface area contributed by atoms with Crippen LogP contribution >= 0.6 is 0 Å². The van der Waals surface area contributed by atoms with Gasteiger partial charge in [0.05, 0.1) is 17.5 Å². The minimum absolute atomic E-state index is 0.0472. The Morgan fingerprint density at radius 3 is 2.68 bits per heavy atom. The Morgan fingerprint density at radius 2 is 2.11 bits per heavy atom. The van der Waals surface area contributed by atoms with E-state index >= 15 is 0 Å². The number of aryl methyl sites for hydroxylation is 1. The van der Waals surface area contributed by atoms with Crippen molar-refractivity contribution in [2.75, 3.05) is 0 Å². The summed E-state index contributed by atoms with van der Waals surface area (Å²) in [6, 6.07) is 4.76. The van der Waals surface area contributed by atoms with Crippen LogP contribution in [-0.2, 0) is 11.2 Å². The van der Waals surface area contributed by atoms with Crippen molar-refractivity contribution < 1.29 is 19.8 Å². The van der Waals surface area contributed by atoms with Gasteiger partial charge in [0.25, 0.3) is 0 Å². The number of hydrogen-bond acceptors (Lipinski definition) is 4. The van der Waals surface area contributed by atoms with Gasteiger partial charge in [-0.25, -0.2) is 9.78 Å². The van der Waals surface area contributed by atoms with E-state index in [4.69, 9.17) is 15.5 Å². The average molecular weight is 259 g/mol. The van der Waals surface area contributed by atoms with Gasteiger partial charge in [0.15, 0.2) is 5.69 Å². The fraction of sp³-hybridized carbons (Fsp3) is 0.167. The monoisotopic (exact) mass is 259 g/mol. The molecule has 19 heavy (non-hydrogen) atoms. The first-order chi connectivity index (χ1) is 9.02. The summed E-state index contributed by atoms with van der Waals surface area (Å²) in [5.41, 5.74) is 0.663. The first-order valence-corrected chi connectivity index (χ1v) is 5.39. The molecule has 0 radical (unpaired) electrons. The zero-order valence-corrected chi connectivity index (χ0v) is 9.70. The minimum Gasteiger partial charge on any atom is -0.481 e. The van der Waals surface area contributed by atoms with Crippen LogP contribution in [0, 0.1) is 11.3 Å². The molecule has 96 valence electrons. The zero-order chi connectivity index (χ0) is 14.0. The lowest BCUT2D eigenvalue weighted by Crippen LogP contribution is -2.03. The lowest BCUT2D eigenvalue weighted by atomic mass is 10.2. The van der Waals surface area contributed by atoms with Crippen LogP contribution in [0.15, 0.2) is 18.3 Å². The third kappa shape index (κ3) is 2.37. The Labute approximate surface area is 107 Å². The second-order valence-corrected chi connectivity index (χ2v) is 3.86. The molecular formula is C12H9N3O4. The van der Waals surface area contributed by atoms with Crippen molar-refractivity contribution in [3.8, 4) is 6.07 Å². The van der Waals surface area contributed by atoms with Crippen LogP contribution in [0.3, 0.4) is 0 Å². The van der Waals surface area contributed by atoms with Gasteiger partial charge < -0.3 is 14.6 Å². The number of nitriles is 1. The van der Waals surface area contributed by atoms with E-state index in [2.05, 4.69) is 4.98 Å². The lowest BCUT2D eigenvalue weighted by molar-refractivity contribution is -0.137. The number of imidazole rings is 1. The van der Waals surface area contributed by atoms with Crippen LogP contribution in [0.1, 0.15) is 28.3 Å². The van der Waals surface area contributed by atoms with Gasteiger partial charge in [-0.3, -0.25) is 4.79 Å². The fourth-order valence-electron chi connectivity index (χ4n) is 1.75. The van der Waals surface area contributed by atoms with Crippen molar-refractivity contribution in [2.24, 2.45) is 0 Å². The largest absolute Gasteiger partial charge is 0.481 e. The summed E-state index contributed by atoms with van der Waals surface area (Å²) in [6.45, 7) is 0. The molecule has 0 spiro atoms. The molecule has 7 nitrogen and oxygen atoms in total. The normalized spacial score (nSPS) is 10.3. The quantitative estimate of drug-likeness (QED) is 0.843. The van der Waals surface area contributed by atoms with E-state index in [1.165, 1.54) is 22.7 Å². The maximum absolute atomic E-state index is 10.9. The zero-order valence-electron chi connectivity index (χ0n) is 9.70. The summed E-state index contributed by atoms with van der Waals surface area (Å²) in [6.07, 6.45) is 1.32. The third-order valence-corrected chi connectivity index (χ3v) is 2.63. The number of aliphatic carboxylic acids is 1. The van der Waals surface area contributed by atoms with E-state index < -0.39 is 11.9 Å². The number of hydrogen-bond donors (Lipinski definition) is 2. The van der Waals surface area contributed by atoms with Crippen LogP contribution in [-0.4, -0.2) is 31.5 Å². The average Bonchev–Trinajstić information content (AvgIpc) is 2.73. The van der Waals surface area contributed by atoms with Gasteiger partial charge in [0.2, 0.25) is 0 Å². The molecule has 0 aliphatic carbocycles. The molecule has 2 N–H and O–H groups in total. The predicted molar refractivity (Wildman–Crippen MR) is 62.8 cm³/mol. The summed E-state index contributed by atoms with van der Waals surface area (Å²) in [4.78, 5) is 25.5. The van der Waals surface area contributed by atoms with E-state index in [9.17, 15) is 9.59 Å². The molecule has 0 saturated heterocycles. The van der Waals surface area contributed by atoms with Crippen molar-refractivity contribution in [3.63, 3.8) is 0 Å². The highest BCUT2D eigenvalue weighted by Gasteiger charge is 2.14. The van der Waals surface area contributed by atoms with Gasteiger partial charge in [-0.15, -0.1) is 0 Å². The van der Waals surface area contributed by atoms with Crippen LogP contribution in [0.4, 0.5) is 0 Å². The lowest BCUT2D eigenvalue weighted by Gasteiger charge is -2.01. The van der Waals surface area contributed by atoms with Gasteiger partial charge in [0, 0.05) is 12.6 Å². The van der Waals surface area contributed by atoms with Crippen LogP contribution in [0.2, 0.25) is 0 Å². The molecule has 0 fully saturated rings. The Bertz CT molecular complexity index is 712. The van der Waals surface area contributed by atoms with Crippen molar-refractivity contribution in [3.05, 3.63) is 35.4 Å². The second kappa shape index (κ2) is 4.78. The van der Waals surface area contributed by atoms with Crippen molar-refractivity contribution in [1.29, 1.82) is 5.26 Å². The number of aromatic nitrogens is 2. The number of nitrogens with zero attached hydrogens (tertiary/aromatic N) is 3. The number of pyridine rings is 1. The third-order valence-electron chi connectivity index (χ3n) is 2.63. The molecule has 0 atom stereocenters. The SMILES string of the molecule is N#Cc1nc(CCC(=O)O)n2cc(C(=O)O)ccc12. The summed E-state index contributed by atoms with van der Waals surface area (Å²) in [5.74, 6) is -1.72. The van der Waals surface area contributed by atoms with E-state index in [1.54, 1.807) is 0 Å². The number of fused-ring (bicyclic) bond motifs is 1. The maximum atomic E-state index is 10.9. The summed E-state index contributed by atoms with van der Waals surface area (Å²) >= 11 is 0. The Kier molecular flexibility index (Phi) is 3.16. The van der Waals surface area contributed by atoms with E-state index in [1.807, 2.05) is 6.07 Å². The Morgan fingerprint density at radius 1 is 1.37 bits per heavy atom. The number of carboxylic acid groups (broad SMARTS) is 2. The highest BCUT2D eigenvalue weighted by molar-refractivity contribution is 5.88. The standard InChI is InChI=1S/C12H9N3O4/c13-5-8-9-2-1-7(12(18)19)6-15(9)10(14-8)3-4-11(16)17/h1-2,6H,3-4H2,(H,16,17)(H,18,19). The van der Waals surface area contributed by atoms with Gasteiger partial charge in [-0.05, 0) is 12.1 Å². The fourth-order valence-corrected chi connectivity index (χ4v) is 1.75.